The average Bonchev–Trinajstić information content (AvgIpc) is 3.77. The first-order chi connectivity index (χ1) is 34.0. The number of para-hydroxylation sites is 1. The van der Waals surface area contributed by atoms with Crippen LogP contribution in [0, 0.1) is 0 Å². The van der Waals surface area contributed by atoms with E-state index in [1.807, 2.05) is 54.6 Å². The highest BCUT2D eigenvalue weighted by Gasteiger charge is 2.35. The number of aliphatic hydroxyl groups excluding tert-OH is 3. The first kappa shape index (κ1) is 57.6. The van der Waals surface area contributed by atoms with Gasteiger partial charge in [-0.25, -0.2) is 0 Å². The van der Waals surface area contributed by atoms with E-state index in [1.54, 1.807) is 36.5 Å². The predicted octanol–water partition coefficient (Wildman–Crippen LogP) is -1.34. The molecule has 4 rings (SSSR count). The number of rotatable bonds is 29. The maximum Gasteiger partial charge on any atom is 0.245 e. The number of unbranched alkanes of at least 4 members (excludes halogenated alkanes) is 1. The minimum Gasteiger partial charge on any atom is -0.394 e. The van der Waals surface area contributed by atoms with Gasteiger partial charge >= 0.3 is 0 Å². The molecule has 0 saturated carbocycles. The zero-order valence-corrected chi connectivity index (χ0v) is 41.5. The van der Waals surface area contributed by atoms with Crippen molar-refractivity contribution in [1.29, 1.82) is 0 Å². The lowest BCUT2D eigenvalue weighted by Gasteiger charge is -2.28. The molecule has 0 aliphatic carbocycles. The third-order valence-corrected chi connectivity index (χ3v) is 12.4. The highest BCUT2D eigenvalue weighted by Crippen LogP contribution is 2.20. The van der Waals surface area contributed by atoms with Gasteiger partial charge in [0.25, 0.3) is 0 Å². The summed E-state index contributed by atoms with van der Waals surface area (Å²) in [4.78, 5) is 100. The van der Waals surface area contributed by atoms with E-state index in [0.29, 0.717) is 24.0 Å². The van der Waals surface area contributed by atoms with Crippen LogP contribution in [0.3, 0.4) is 0 Å². The summed E-state index contributed by atoms with van der Waals surface area (Å²) in [5.41, 5.74) is 14.8. The fourth-order valence-corrected chi connectivity index (χ4v) is 8.03. The molecule has 0 fully saturated rings. The highest BCUT2D eigenvalue weighted by atomic mass is 32.1. The minimum absolute atomic E-state index is 0.0127. The maximum absolute atomic E-state index is 14.6. The number of aromatic amines is 1. The Balaban J connectivity index is 1.61. The summed E-state index contributed by atoms with van der Waals surface area (Å²) in [6.07, 6.45) is -0.0947. The number of carbonyl (C=O) groups excluding carboxylic acids is 7. The molecule has 20 nitrogen and oxygen atoms in total. The zero-order chi connectivity index (χ0) is 52.0. The van der Waals surface area contributed by atoms with Gasteiger partial charge in [0.1, 0.15) is 36.3 Å². The van der Waals surface area contributed by atoms with Crippen molar-refractivity contribution in [3.63, 3.8) is 0 Å². The van der Waals surface area contributed by atoms with Crippen LogP contribution in [0.15, 0.2) is 91.1 Å². The second-order valence-corrected chi connectivity index (χ2v) is 18.0. The molecule has 0 radical (unpaired) electrons. The number of benzene rings is 3. The van der Waals surface area contributed by atoms with Gasteiger partial charge in [0.05, 0.1) is 30.9 Å². The lowest BCUT2D eigenvalue weighted by Crippen LogP contribution is -2.62. The monoisotopic (exact) mass is 1020 g/mol. The van der Waals surface area contributed by atoms with Crippen molar-refractivity contribution in [2.45, 2.75) is 113 Å². The van der Waals surface area contributed by atoms with Crippen molar-refractivity contribution in [1.82, 2.24) is 42.2 Å². The van der Waals surface area contributed by atoms with Crippen molar-refractivity contribution >= 4 is 77.5 Å². The number of aliphatic hydroxyl groups is 3. The Bertz CT molecular complexity index is 2360. The number of nitrogens with two attached hydrogens (primary N) is 2. The van der Waals surface area contributed by atoms with Gasteiger partial charge in [-0.1, -0.05) is 78.9 Å². The molecule has 0 aliphatic heterocycles. The highest BCUT2D eigenvalue weighted by molar-refractivity contribution is 7.80. The average molecular weight is 1020 g/mol. The van der Waals surface area contributed by atoms with Gasteiger partial charge in [-0.3, -0.25) is 33.6 Å². The Labute approximate surface area is 423 Å². The van der Waals surface area contributed by atoms with Crippen LogP contribution in [0.4, 0.5) is 0 Å². The SMILES string of the molecule is C[C@@H](O)C(CO)NC(=O)[C@H](CS)NC(=O)C(NC(=O)[C@H](CCCCN)NC(=O)[C@@H](Cc1c[nH]c2ccccc12)NC(=O)[C@H](Cc1ccccc1)NC(=O)[C@H](CS)NC(=O)[C@H](N)Cc1ccccc1)[C@@H](C)O. The van der Waals surface area contributed by atoms with Crippen molar-refractivity contribution in [3.8, 4) is 0 Å². The molecule has 7 amide bonds. The summed E-state index contributed by atoms with van der Waals surface area (Å²) < 4.78 is 0. The first-order valence-electron chi connectivity index (χ1n) is 23.4. The molecule has 0 aliphatic rings. The fraction of sp³-hybridized carbons (Fsp3) is 0.449. The van der Waals surface area contributed by atoms with Crippen LogP contribution < -0.4 is 48.7 Å². The molecular formula is C49H68N10O10S2. The molecule has 1 aromatic heterocycles. The summed E-state index contributed by atoms with van der Waals surface area (Å²) in [5, 5.41) is 49.2. The van der Waals surface area contributed by atoms with Crippen molar-refractivity contribution < 1.29 is 48.9 Å². The van der Waals surface area contributed by atoms with E-state index in [0.717, 1.165) is 16.5 Å². The fourth-order valence-electron chi connectivity index (χ4n) is 7.52. The van der Waals surface area contributed by atoms with Crippen molar-refractivity contribution in [3.05, 3.63) is 108 Å². The Morgan fingerprint density at radius 3 is 1.59 bits per heavy atom. The molecule has 10 atom stereocenters. The van der Waals surface area contributed by atoms with Gasteiger partial charge in [-0.05, 0) is 68.8 Å². The topological polar surface area (TPSA) is 332 Å². The number of amides is 7. The molecule has 4 aromatic rings. The smallest absolute Gasteiger partial charge is 0.245 e. The molecule has 3 aromatic carbocycles. The summed E-state index contributed by atoms with van der Waals surface area (Å²) in [6, 6.07) is 15.0. The molecule has 22 heteroatoms. The third-order valence-electron chi connectivity index (χ3n) is 11.7. The quantitative estimate of drug-likeness (QED) is 0.0222. The molecule has 0 bridgehead atoms. The summed E-state index contributed by atoms with van der Waals surface area (Å²) in [7, 11) is 0. The van der Waals surface area contributed by atoms with Crippen molar-refractivity contribution in [2.24, 2.45) is 11.5 Å². The number of thiol groups is 2. The number of hydrogen-bond donors (Lipinski definition) is 15. The number of hydrogen-bond acceptors (Lipinski definition) is 14. The first-order valence-corrected chi connectivity index (χ1v) is 24.7. The second kappa shape index (κ2) is 29.4. The summed E-state index contributed by atoms with van der Waals surface area (Å²) in [5.74, 6) is -5.96. The molecule has 71 heavy (non-hydrogen) atoms. The van der Waals surface area contributed by atoms with Gasteiger partial charge in [0, 0.05) is 41.4 Å². The molecule has 0 saturated heterocycles. The van der Waals surface area contributed by atoms with Crippen LogP contribution in [0.5, 0.6) is 0 Å². The zero-order valence-electron chi connectivity index (χ0n) is 39.8. The standard InChI is InChI=1S/C49H68N10O10S2/c1-28(61)39(25-60)56-48(68)41(27-71)58-49(69)42(29(2)62)59-44(64)36(19-11-12-20-50)53-46(66)38(23-32-24-52-35-18-10-9-17-33(32)35)55-45(65)37(22-31-15-7-4-8-16-31)54-47(67)40(26-70)57-43(63)34(51)21-30-13-5-3-6-14-30/h3-10,13-18,24,28-29,34,36-42,52,60-62,70-71H,11-12,19-23,25-27,50-51H2,1-2H3,(H,53,66)(H,54,67)(H,55,65)(H,56,68)(H,57,63)(H,58,69)(H,59,64)/t28-,29-,34-,36+,37+,38-,39?,40+,41+,42?/m1/s1. The number of nitrogens with one attached hydrogen (secondary N) is 8. The molecule has 15 N–H and O–H groups in total. The van der Waals surface area contributed by atoms with E-state index in [-0.39, 0.29) is 43.7 Å². The van der Waals surface area contributed by atoms with Gasteiger partial charge in [-0.15, -0.1) is 0 Å². The lowest BCUT2D eigenvalue weighted by atomic mass is 10.0. The van der Waals surface area contributed by atoms with E-state index < -0.39 is 108 Å². The van der Waals surface area contributed by atoms with E-state index in [1.165, 1.54) is 13.8 Å². The van der Waals surface area contributed by atoms with Crippen LogP contribution in [0.25, 0.3) is 10.9 Å². The Morgan fingerprint density at radius 1 is 0.563 bits per heavy atom. The summed E-state index contributed by atoms with van der Waals surface area (Å²) >= 11 is 8.47. The number of aromatic nitrogens is 1. The predicted molar refractivity (Wildman–Crippen MR) is 275 cm³/mol. The van der Waals surface area contributed by atoms with Crippen LogP contribution >= 0.6 is 25.3 Å². The number of H-pyrrole nitrogens is 1. The van der Waals surface area contributed by atoms with Gasteiger partial charge < -0.3 is 69.0 Å². The van der Waals surface area contributed by atoms with Crippen LogP contribution in [-0.4, -0.2) is 147 Å². The Hall–Kier alpha value is -6.01. The summed E-state index contributed by atoms with van der Waals surface area (Å²) in [6.45, 7) is 2.25. The van der Waals surface area contributed by atoms with Crippen molar-refractivity contribution in [2.75, 3.05) is 24.7 Å². The van der Waals surface area contributed by atoms with E-state index in [4.69, 9.17) is 11.5 Å². The number of fused-ring (bicyclic) bond motifs is 1. The van der Waals surface area contributed by atoms with E-state index >= 15 is 0 Å². The lowest BCUT2D eigenvalue weighted by molar-refractivity contribution is -0.136. The van der Waals surface area contributed by atoms with Gasteiger partial charge in [0.15, 0.2) is 0 Å². The minimum atomic E-state index is -1.65. The second-order valence-electron chi connectivity index (χ2n) is 17.3. The molecular weight excluding hydrogens is 953 g/mol. The van der Waals surface area contributed by atoms with Crippen LogP contribution in [0.2, 0.25) is 0 Å². The molecule has 386 valence electrons. The van der Waals surface area contributed by atoms with Gasteiger partial charge in [0.2, 0.25) is 41.4 Å². The maximum atomic E-state index is 14.6. The van der Waals surface area contributed by atoms with Gasteiger partial charge in [-0.2, -0.15) is 25.3 Å². The van der Waals surface area contributed by atoms with Crippen LogP contribution in [0.1, 0.15) is 49.8 Å². The van der Waals surface area contributed by atoms with E-state index in [2.05, 4.69) is 67.5 Å². The van der Waals surface area contributed by atoms with E-state index in [9.17, 15) is 48.9 Å². The Kier molecular flexibility index (Phi) is 23.8. The van der Waals surface area contributed by atoms with Crippen LogP contribution in [-0.2, 0) is 52.8 Å². The third kappa shape index (κ3) is 18.0. The number of carbonyl (C=O) groups is 7. The molecule has 2 unspecified atom stereocenters. The normalized spacial score (nSPS) is 15.5. The Morgan fingerprint density at radius 2 is 1.04 bits per heavy atom. The molecule has 1 heterocycles. The molecule has 0 spiro atoms. The largest absolute Gasteiger partial charge is 0.394 e.